The van der Waals surface area contributed by atoms with Crippen LogP contribution in [0.2, 0.25) is 0 Å². The van der Waals surface area contributed by atoms with E-state index in [4.69, 9.17) is 28.4 Å². The molecule has 63 heavy (non-hydrogen) atoms. The number of rotatable bonds is 42. The third kappa shape index (κ3) is 38.1. The van der Waals surface area contributed by atoms with Gasteiger partial charge < -0.3 is 33.3 Å². The van der Waals surface area contributed by atoms with Crippen molar-refractivity contribution >= 4 is 18.1 Å². The molecule has 2 unspecified atom stereocenters. The summed E-state index contributed by atoms with van der Waals surface area (Å²) in [6.07, 6.45) is 42.4. The van der Waals surface area contributed by atoms with E-state index in [1.165, 1.54) is 51.4 Å². The molecule has 10 heteroatoms. The molecule has 0 bridgehead atoms. The Hall–Kier alpha value is -2.95. The number of allylic oxidation sites excluding steroid dienone is 6. The van der Waals surface area contributed by atoms with Crippen molar-refractivity contribution in [1.29, 1.82) is 0 Å². The van der Waals surface area contributed by atoms with E-state index < -0.39 is 12.1 Å². The smallest absolute Gasteiger partial charge is 0.465 e. The SMILES string of the molecule is CCCC/C=C\CCOC(CCCCC(=O)OCC(COC(=O)CCCCCCC/C=C\C/C=C\CCCCC)COC(=O)OCC1CCCN(CC)C1)OCC/C=C\CCCC. The first kappa shape index (κ1) is 58.1. The van der Waals surface area contributed by atoms with Gasteiger partial charge in [0.1, 0.15) is 19.8 Å². The second kappa shape index (κ2) is 44.3. The van der Waals surface area contributed by atoms with Gasteiger partial charge in [0.2, 0.25) is 0 Å². The Balaban J connectivity index is 2.52. The Labute approximate surface area is 385 Å². The lowest BCUT2D eigenvalue weighted by Crippen LogP contribution is -2.37. The van der Waals surface area contributed by atoms with Gasteiger partial charge in [0.25, 0.3) is 0 Å². The average Bonchev–Trinajstić information content (AvgIpc) is 3.29. The molecule has 0 saturated carbocycles. The van der Waals surface area contributed by atoms with Crippen molar-refractivity contribution < 1.29 is 42.8 Å². The van der Waals surface area contributed by atoms with Crippen LogP contribution in [0, 0.1) is 11.8 Å². The fourth-order valence-corrected chi connectivity index (χ4v) is 7.22. The highest BCUT2D eigenvalue weighted by Gasteiger charge is 2.22. The number of unbranched alkanes of at least 4 members (excludes halogenated alkanes) is 13. The lowest BCUT2D eigenvalue weighted by molar-refractivity contribution is -0.151. The third-order valence-corrected chi connectivity index (χ3v) is 11.2. The summed E-state index contributed by atoms with van der Waals surface area (Å²) in [6.45, 7) is 13.1. The zero-order chi connectivity index (χ0) is 45.7. The molecule has 1 aliphatic heterocycles. The van der Waals surface area contributed by atoms with Crippen molar-refractivity contribution in [3.05, 3.63) is 48.6 Å². The van der Waals surface area contributed by atoms with Crippen LogP contribution in [0.3, 0.4) is 0 Å². The molecule has 0 aliphatic carbocycles. The molecule has 0 amide bonds. The van der Waals surface area contributed by atoms with Gasteiger partial charge in [-0.2, -0.15) is 0 Å². The van der Waals surface area contributed by atoms with Crippen LogP contribution in [0.5, 0.6) is 0 Å². The summed E-state index contributed by atoms with van der Waals surface area (Å²) in [4.78, 5) is 40.5. The average molecular weight is 888 g/mol. The van der Waals surface area contributed by atoms with Crippen LogP contribution in [0.15, 0.2) is 48.6 Å². The Bertz CT molecular complexity index is 1180. The topological polar surface area (TPSA) is 110 Å². The van der Waals surface area contributed by atoms with Crippen molar-refractivity contribution in [3.63, 3.8) is 0 Å². The maximum absolute atomic E-state index is 12.9. The Morgan fingerprint density at radius 3 is 1.67 bits per heavy atom. The first-order valence-corrected chi connectivity index (χ1v) is 25.6. The number of hydrogen-bond acceptors (Lipinski definition) is 10. The van der Waals surface area contributed by atoms with E-state index in [1.807, 2.05) is 0 Å². The van der Waals surface area contributed by atoms with Crippen molar-refractivity contribution in [2.24, 2.45) is 11.8 Å². The molecule has 0 aromatic carbocycles. The fraction of sp³-hybridized carbons (Fsp3) is 0.792. The third-order valence-electron chi connectivity index (χ3n) is 11.2. The second-order valence-electron chi connectivity index (χ2n) is 17.2. The number of hydrogen-bond donors (Lipinski definition) is 0. The molecule has 1 heterocycles. The van der Waals surface area contributed by atoms with Crippen LogP contribution < -0.4 is 0 Å². The molecule has 0 aromatic heterocycles. The number of carbonyl (C=O) groups is 3. The number of likely N-dealkylation sites (tertiary alicyclic amines) is 1. The first-order valence-electron chi connectivity index (χ1n) is 25.6. The Morgan fingerprint density at radius 2 is 1.06 bits per heavy atom. The fourth-order valence-electron chi connectivity index (χ4n) is 7.22. The number of nitrogens with zero attached hydrogens (tertiary/aromatic N) is 1. The molecule has 1 rings (SSSR count). The van der Waals surface area contributed by atoms with Gasteiger partial charge in [-0.3, -0.25) is 9.59 Å². The predicted octanol–water partition coefficient (Wildman–Crippen LogP) is 13.6. The van der Waals surface area contributed by atoms with Crippen molar-refractivity contribution in [2.45, 2.75) is 201 Å². The van der Waals surface area contributed by atoms with Gasteiger partial charge in [0.15, 0.2) is 6.29 Å². The minimum Gasteiger partial charge on any atom is -0.465 e. The van der Waals surface area contributed by atoms with Crippen molar-refractivity contribution in [1.82, 2.24) is 4.90 Å². The zero-order valence-electron chi connectivity index (χ0n) is 40.7. The molecule has 1 aliphatic rings. The predicted molar refractivity (Wildman–Crippen MR) is 258 cm³/mol. The summed E-state index contributed by atoms with van der Waals surface area (Å²) in [5, 5.41) is 0. The maximum Gasteiger partial charge on any atom is 0.508 e. The summed E-state index contributed by atoms with van der Waals surface area (Å²) in [6, 6.07) is 0. The van der Waals surface area contributed by atoms with E-state index in [0.717, 1.165) is 110 Å². The monoisotopic (exact) mass is 888 g/mol. The van der Waals surface area contributed by atoms with Crippen LogP contribution >= 0.6 is 0 Å². The maximum atomic E-state index is 12.9. The molecule has 0 spiro atoms. The normalized spacial score (nSPS) is 15.3. The molecule has 2 atom stereocenters. The van der Waals surface area contributed by atoms with E-state index in [9.17, 15) is 14.4 Å². The van der Waals surface area contributed by atoms with E-state index in [2.05, 4.69) is 81.2 Å². The molecular formula is C53H93NO9. The summed E-state index contributed by atoms with van der Waals surface area (Å²) in [5.74, 6) is -0.860. The molecule has 0 aromatic rings. The minimum absolute atomic E-state index is 0.00825. The Morgan fingerprint density at radius 1 is 0.556 bits per heavy atom. The Kier molecular flexibility index (Phi) is 40.8. The summed E-state index contributed by atoms with van der Waals surface area (Å²) in [7, 11) is 0. The van der Waals surface area contributed by atoms with E-state index >= 15 is 0 Å². The molecular weight excluding hydrogens is 795 g/mol. The molecule has 364 valence electrons. The zero-order valence-corrected chi connectivity index (χ0v) is 40.7. The van der Waals surface area contributed by atoms with Crippen LogP contribution in [-0.2, 0) is 38.0 Å². The van der Waals surface area contributed by atoms with Crippen LogP contribution in [0.25, 0.3) is 0 Å². The van der Waals surface area contributed by atoms with E-state index in [0.29, 0.717) is 39.1 Å². The summed E-state index contributed by atoms with van der Waals surface area (Å²) >= 11 is 0. The highest BCUT2D eigenvalue weighted by molar-refractivity contribution is 5.69. The first-order chi connectivity index (χ1) is 30.9. The van der Waals surface area contributed by atoms with Crippen LogP contribution in [0.4, 0.5) is 4.79 Å². The molecule has 10 nitrogen and oxygen atoms in total. The van der Waals surface area contributed by atoms with Crippen LogP contribution in [0.1, 0.15) is 195 Å². The lowest BCUT2D eigenvalue weighted by Gasteiger charge is -2.31. The van der Waals surface area contributed by atoms with Gasteiger partial charge >= 0.3 is 18.1 Å². The largest absolute Gasteiger partial charge is 0.508 e. The van der Waals surface area contributed by atoms with Gasteiger partial charge in [0.05, 0.1) is 25.7 Å². The van der Waals surface area contributed by atoms with Gasteiger partial charge in [-0.25, -0.2) is 4.79 Å². The van der Waals surface area contributed by atoms with Crippen molar-refractivity contribution in [2.75, 3.05) is 59.3 Å². The highest BCUT2D eigenvalue weighted by Crippen LogP contribution is 2.17. The molecule has 1 saturated heterocycles. The number of esters is 2. The minimum atomic E-state index is -0.754. The molecule has 1 fully saturated rings. The van der Waals surface area contributed by atoms with E-state index in [1.54, 1.807) is 0 Å². The quantitative estimate of drug-likeness (QED) is 0.0193. The second-order valence-corrected chi connectivity index (χ2v) is 17.2. The lowest BCUT2D eigenvalue weighted by atomic mass is 9.99. The standard InChI is InChI=1S/C53H93NO9/c1-5-9-12-15-18-19-20-21-22-23-24-25-26-27-30-37-50(55)60-45-49(47-63-53(57)62-44-48-36-35-40-54(8-4)43-48)46-61-51(56)38-31-32-39-52(58-41-33-28-16-13-10-6-2)59-42-34-29-17-14-11-7-3/h16-19,21-22,28-29,48-49,52H,5-15,20,23-27,30-47H2,1-4H3/b19-18-,22-21-,28-16-,29-17-. The highest BCUT2D eigenvalue weighted by atomic mass is 16.7. The van der Waals surface area contributed by atoms with Crippen molar-refractivity contribution in [3.8, 4) is 0 Å². The number of carbonyl (C=O) groups excluding carboxylic acids is 3. The molecule has 0 N–H and O–H groups in total. The van der Waals surface area contributed by atoms with Gasteiger partial charge in [-0.15, -0.1) is 0 Å². The summed E-state index contributed by atoms with van der Waals surface area (Å²) in [5.41, 5.74) is 0. The number of ether oxygens (including phenoxy) is 6. The van der Waals surface area contributed by atoms with Gasteiger partial charge in [-0.05, 0) is 109 Å². The molecule has 0 radical (unpaired) electrons. The summed E-state index contributed by atoms with van der Waals surface area (Å²) < 4.78 is 34.3. The van der Waals surface area contributed by atoms with Crippen LogP contribution in [-0.4, -0.2) is 88.6 Å². The van der Waals surface area contributed by atoms with E-state index in [-0.39, 0.29) is 50.4 Å². The van der Waals surface area contributed by atoms with Gasteiger partial charge in [0, 0.05) is 25.3 Å². The number of piperidine rings is 1. The van der Waals surface area contributed by atoms with Gasteiger partial charge in [-0.1, -0.05) is 134 Å².